The van der Waals surface area contributed by atoms with Crippen LogP contribution in [0.1, 0.15) is 48.0 Å². The summed E-state index contributed by atoms with van der Waals surface area (Å²) < 4.78 is 5.32. The molecule has 1 atom stereocenters. The fourth-order valence-electron chi connectivity index (χ4n) is 1.74. The molecular formula is C16H34N4O2. The van der Waals surface area contributed by atoms with E-state index in [2.05, 4.69) is 24.2 Å². The normalized spacial score (nSPS) is 13.9. The maximum atomic E-state index is 11.9. The largest absolute Gasteiger partial charge is 0.444 e. The monoisotopic (exact) mass is 314 g/mol. The number of hydrogen-bond acceptors (Lipinski definition) is 3. The molecule has 0 aliphatic carbocycles. The van der Waals surface area contributed by atoms with Crippen LogP contribution in [0.15, 0.2) is 4.99 Å². The second kappa shape index (κ2) is 9.54. The van der Waals surface area contributed by atoms with Gasteiger partial charge in [-0.1, -0.05) is 20.8 Å². The zero-order valence-electron chi connectivity index (χ0n) is 15.3. The number of carbonyl (C=O) groups is 1. The fourth-order valence-corrected chi connectivity index (χ4v) is 1.74. The Bertz CT molecular complexity index is 362. The molecule has 0 aromatic heterocycles. The van der Waals surface area contributed by atoms with Crippen molar-refractivity contribution < 1.29 is 9.53 Å². The van der Waals surface area contributed by atoms with Crippen molar-refractivity contribution in [1.82, 2.24) is 10.2 Å². The molecule has 0 spiro atoms. The summed E-state index contributed by atoms with van der Waals surface area (Å²) in [5.41, 5.74) is 5.34. The number of hydrogen-bond donors (Lipinski definition) is 2. The number of nitrogens with one attached hydrogen (secondary N) is 1. The number of aliphatic imine (C=N–C) groups is 1. The van der Waals surface area contributed by atoms with E-state index in [1.54, 1.807) is 11.9 Å². The Labute approximate surface area is 135 Å². The Hall–Kier alpha value is -1.46. The summed E-state index contributed by atoms with van der Waals surface area (Å²) in [7, 11) is 1.73. The van der Waals surface area contributed by atoms with E-state index in [0.717, 1.165) is 13.0 Å². The third kappa shape index (κ3) is 11.2. The molecular weight excluding hydrogens is 280 g/mol. The third-order valence-electron chi connectivity index (χ3n) is 2.89. The zero-order valence-corrected chi connectivity index (χ0v) is 15.3. The van der Waals surface area contributed by atoms with Crippen LogP contribution in [0.3, 0.4) is 0 Å². The summed E-state index contributed by atoms with van der Waals surface area (Å²) in [5, 5.41) is 3.10. The zero-order chi connectivity index (χ0) is 17.3. The molecule has 0 saturated carbocycles. The Kier molecular flexibility index (Phi) is 8.90. The van der Waals surface area contributed by atoms with E-state index in [0.29, 0.717) is 25.0 Å². The van der Waals surface area contributed by atoms with Crippen molar-refractivity contribution in [2.45, 2.75) is 53.6 Å². The molecule has 0 saturated heterocycles. The first-order valence-electron chi connectivity index (χ1n) is 7.99. The van der Waals surface area contributed by atoms with Crippen LogP contribution in [0.2, 0.25) is 0 Å². The van der Waals surface area contributed by atoms with Gasteiger partial charge in [0.05, 0.1) is 0 Å². The van der Waals surface area contributed by atoms with Crippen LogP contribution in [0.5, 0.6) is 0 Å². The van der Waals surface area contributed by atoms with E-state index in [-0.39, 0.29) is 12.0 Å². The predicted molar refractivity (Wildman–Crippen MR) is 92.0 cm³/mol. The number of rotatable bonds is 7. The quantitative estimate of drug-likeness (QED) is 0.559. The van der Waals surface area contributed by atoms with Gasteiger partial charge in [0.25, 0.3) is 0 Å². The molecule has 0 fully saturated rings. The molecule has 130 valence electrons. The number of nitrogens with two attached hydrogens (primary N) is 1. The van der Waals surface area contributed by atoms with Crippen LogP contribution in [0.4, 0.5) is 4.79 Å². The van der Waals surface area contributed by atoms with Crippen molar-refractivity contribution in [3.05, 3.63) is 0 Å². The number of amides is 1. The smallest absolute Gasteiger partial charge is 0.410 e. The molecule has 3 N–H and O–H groups in total. The van der Waals surface area contributed by atoms with Crippen LogP contribution in [-0.2, 0) is 4.74 Å². The highest BCUT2D eigenvalue weighted by molar-refractivity contribution is 5.77. The molecule has 1 unspecified atom stereocenters. The molecule has 0 rings (SSSR count). The van der Waals surface area contributed by atoms with Gasteiger partial charge in [0, 0.05) is 26.7 Å². The Morgan fingerprint density at radius 1 is 1.32 bits per heavy atom. The predicted octanol–water partition coefficient (Wildman–Crippen LogP) is 2.44. The highest BCUT2D eigenvalue weighted by Crippen LogP contribution is 2.10. The van der Waals surface area contributed by atoms with Gasteiger partial charge in [-0.25, -0.2) is 4.79 Å². The Morgan fingerprint density at radius 3 is 2.41 bits per heavy atom. The minimum absolute atomic E-state index is 0.211. The van der Waals surface area contributed by atoms with Gasteiger partial charge < -0.3 is 20.7 Å². The van der Waals surface area contributed by atoms with Crippen LogP contribution in [0.25, 0.3) is 0 Å². The van der Waals surface area contributed by atoms with E-state index in [9.17, 15) is 4.79 Å². The van der Waals surface area contributed by atoms with Crippen LogP contribution in [0, 0.1) is 11.8 Å². The molecule has 0 radical (unpaired) electrons. The maximum Gasteiger partial charge on any atom is 0.410 e. The molecule has 6 nitrogen and oxygen atoms in total. The molecule has 0 aliphatic heterocycles. The molecule has 6 heteroatoms. The average molecular weight is 314 g/mol. The molecule has 0 aromatic rings. The molecule has 0 heterocycles. The second-order valence-corrected chi connectivity index (χ2v) is 7.30. The lowest BCUT2D eigenvalue weighted by molar-refractivity contribution is 0.0279. The first kappa shape index (κ1) is 20.5. The highest BCUT2D eigenvalue weighted by atomic mass is 16.6. The van der Waals surface area contributed by atoms with Crippen LogP contribution < -0.4 is 11.1 Å². The van der Waals surface area contributed by atoms with Crippen molar-refractivity contribution in [2.24, 2.45) is 22.6 Å². The van der Waals surface area contributed by atoms with Crippen molar-refractivity contribution in [2.75, 3.05) is 26.7 Å². The van der Waals surface area contributed by atoms with Gasteiger partial charge in [0.2, 0.25) is 0 Å². The summed E-state index contributed by atoms with van der Waals surface area (Å²) in [5.74, 6) is 1.32. The summed E-state index contributed by atoms with van der Waals surface area (Å²) >= 11 is 0. The van der Waals surface area contributed by atoms with Gasteiger partial charge in [0.1, 0.15) is 5.60 Å². The van der Waals surface area contributed by atoms with E-state index < -0.39 is 5.60 Å². The number of guanidine groups is 1. The number of ether oxygens (including phenoxy) is 1. The van der Waals surface area contributed by atoms with Gasteiger partial charge in [-0.15, -0.1) is 0 Å². The molecule has 0 bridgehead atoms. The molecule has 1 amide bonds. The molecule has 22 heavy (non-hydrogen) atoms. The lowest BCUT2D eigenvalue weighted by Gasteiger charge is -2.26. The van der Waals surface area contributed by atoms with Crippen LogP contribution in [-0.4, -0.2) is 49.2 Å². The van der Waals surface area contributed by atoms with Crippen LogP contribution >= 0.6 is 0 Å². The highest BCUT2D eigenvalue weighted by Gasteiger charge is 2.20. The summed E-state index contributed by atoms with van der Waals surface area (Å²) in [6.07, 6.45) is 0.749. The fraction of sp³-hybridized carbons (Fsp3) is 0.875. The Morgan fingerprint density at radius 2 is 1.91 bits per heavy atom. The summed E-state index contributed by atoms with van der Waals surface area (Å²) in [6, 6.07) is 0. The minimum atomic E-state index is -0.475. The lowest BCUT2D eigenvalue weighted by atomic mass is 10.1. The van der Waals surface area contributed by atoms with Gasteiger partial charge in [-0.05, 0) is 39.0 Å². The Balaban J connectivity index is 4.11. The SMILES string of the molecule is CC(C)CCNC(N)=NCC(C)CN(C)C(=O)OC(C)(C)C. The summed E-state index contributed by atoms with van der Waals surface area (Å²) in [4.78, 5) is 17.8. The lowest BCUT2D eigenvalue weighted by Crippen LogP contribution is -2.37. The van der Waals surface area contributed by atoms with Crippen molar-refractivity contribution in [3.63, 3.8) is 0 Å². The van der Waals surface area contributed by atoms with Gasteiger partial charge in [-0.3, -0.25) is 4.99 Å². The van der Waals surface area contributed by atoms with Gasteiger partial charge in [0.15, 0.2) is 5.96 Å². The summed E-state index contributed by atoms with van der Waals surface area (Å²) in [6.45, 7) is 13.9. The second-order valence-electron chi connectivity index (χ2n) is 7.30. The van der Waals surface area contributed by atoms with E-state index in [1.165, 1.54) is 0 Å². The number of carbonyl (C=O) groups excluding carboxylic acids is 1. The molecule has 0 aromatic carbocycles. The third-order valence-corrected chi connectivity index (χ3v) is 2.89. The average Bonchev–Trinajstić information content (AvgIpc) is 2.33. The van der Waals surface area contributed by atoms with E-state index in [1.807, 2.05) is 27.7 Å². The van der Waals surface area contributed by atoms with E-state index in [4.69, 9.17) is 10.5 Å². The topological polar surface area (TPSA) is 80.0 Å². The van der Waals surface area contributed by atoms with E-state index >= 15 is 0 Å². The van der Waals surface area contributed by atoms with Crippen molar-refractivity contribution >= 4 is 12.1 Å². The maximum absolute atomic E-state index is 11.9. The number of nitrogens with zero attached hydrogens (tertiary/aromatic N) is 2. The van der Waals surface area contributed by atoms with Gasteiger partial charge >= 0.3 is 6.09 Å². The first-order valence-corrected chi connectivity index (χ1v) is 7.99. The van der Waals surface area contributed by atoms with Crippen molar-refractivity contribution in [1.29, 1.82) is 0 Å². The standard InChI is InChI=1S/C16H34N4O2/c1-12(2)8-9-18-14(17)19-10-13(3)11-20(7)15(21)22-16(4,5)6/h12-13H,8-11H2,1-7H3,(H3,17,18,19). The minimum Gasteiger partial charge on any atom is -0.444 e. The molecule has 0 aliphatic rings. The first-order chi connectivity index (χ1) is 10.0. The van der Waals surface area contributed by atoms with Crippen molar-refractivity contribution in [3.8, 4) is 0 Å². The van der Waals surface area contributed by atoms with Gasteiger partial charge in [-0.2, -0.15) is 0 Å².